The van der Waals surface area contributed by atoms with E-state index in [4.69, 9.17) is 4.74 Å². The number of benzene rings is 2. The first-order valence-electron chi connectivity index (χ1n) is 10.0. The molecule has 0 aromatic heterocycles. The quantitative estimate of drug-likeness (QED) is 0.828. The first-order valence-corrected chi connectivity index (χ1v) is 10.0. The highest BCUT2D eigenvalue weighted by Crippen LogP contribution is 2.39. The molecule has 0 amide bonds. The third kappa shape index (κ3) is 2.79. The van der Waals surface area contributed by atoms with E-state index in [2.05, 4.69) is 58.3 Å². The van der Waals surface area contributed by atoms with Gasteiger partial charge in [-0.15, -0.1) is 0 Å². The third-order valence-electron chi connectivity index (χ3n) is 6.74. The summed E-state index contributed by atoms with van der Waals surface area (Å²) in [5, 5.41) is 0. The van der Waals surface area contributed by atoms with Crippen LogP contribution in [0, 0.1) is 0 Å². The Balaban J connectivity index is 1.31. The maximum absolute atomic E-state index is 5.47. The average molecular weight is 348 g/mol. The molecule has 3 heterocycles. The van der Waals surface area contributed by atoms with Crippen LogP contribution in [-0.2, 0) is 6.42 Å². The molecule has 1 aliphatic carbocycles. The van der Waals surface area contributed by atoms with Crippen LogP contribution >= 0.6 is 0 Å². The fourth-order valence-corrected chi connectivity index (χ4v) is 5.34. The number of methoxy groups -OCH3 is 1. The van der Waals surface area contributed by atoms with E-state index in [1.807, 2.05) is 0 Å². The molecular weight excluding hydrogens is 320 g/mol. The van der Waals surface area contributed by atoms with Crippen LogP contribution in [0.2, 0.25) is 0 Å². The minimum atomic E-state index is 0.671. The van der Waals surface area contributed by atoms with Crippen LogP contribution in [0.4, 0.5) is 5.69 Å². The molecule has 3 saturated heterocycles. The van der Waals surface area contributed by atoms with Gasteiger partial charge in [0.1, 0.15) is 5.75 Å². The molecule has 2 bridgehead atoms. The number of para-hydroxylation sites is 1. The summed E-state index contributed by atoms with van der Waals surface area (Å²) < 4.78 is 5.47. The van der Waals surface area contributed by atoms with Crippen LogP contribution in [0.25, 0.3) is 0 Å². The lowest BCUT2D eigenvalue weighted by molar-refractivity contribution is 0.0894. The lowest BCUT2D eigenvalue weighted by Gasteiger charge is -2.53. The van der Waals surface area contributed by atoms with Gasteiger partial charge in [0.15, 0.2) is 0 Å². The maximum atomic E-state index is 5.47. The number of hydrogen-bond donors (Lipinski definition) is 0. The first kappa shape index (κ1) is 16.2. The highest BCUT2D eigenvalue weighted by atomic mass is 16.5. The molecule has 4 aliphatic rings. The summed E-state index contributed by atoms with van der Waals surface area (Å²) in [6.45, 7) is 3.62. The van der Waals surface area contributed by atoms with E-state index in [1.54, 1.807) is 7.11 Å². The largest absolute Gasteiger partial charge is 0.497 e. The lowest BCUT2D eigenvalue weighted by Crippen LogP contribution is -2.63. The number of fused-ring (bicyclic) bond motifs is 4. The van der Waals surface area contributed by atoms with E-state index in [0.717, 1.165) is 5.75 Å². The molecule has 0 spiro atoms. The van der Waals surface area contributed by atoms with Crippen molar-refractivity contribution < 1.29 is 4.74 Å². The summed E-state index contributed by atoms with van der Waals surface area (Å²) in [5.74, 6) is 1.68. The fraction of sp³-hybridized carbons (Fsp3) is 0.478. The van der Waals surface area contributed by atoms with Gasteiger partial charge >= 0.3 is 0 Å². The molecule has 2 aromatic rings. The maximum Gasteiger partial charge on any atom is 0.119 e. The number of rotatable bonds is 4. The van der Waals surface area contributed by atoms with Gasteiger partial charge in [-0.05, 0) is 67.0 Å². The Morgan fingerprint density at radius 2 is 1.81 bits per heavy atom. The van der Waals surface area contributed by atoms with Crippen LogP contribution in [0.15, 0.2) is 48.5 Å². The Kier molecular flexibility index (Phi) is 4.12. The second-order valence-electron chi connectivity index (χ2n) is 8.13. The molecule has 3 atom stereocenters. The fourth-order valence-electron chi connectivity index (χ4n) is 5.34. The number of hydrogen-bond acceptors (Lipinski definition) is 3. The zero-order valence-electron chi connectivity index (χ0n) is 15.6. The Labute approximate surface area is 156 Å². The van der Waals surface area contributed by atoms with Crippen LogP contribution in [-0.4, -0.2) is 43.7 Å². The van der Waals surface area contributed by atoms with Crippen molar-refractivity contribution in [2.24, 2.45) is 0 Å². The standard InChI is InChI=1S/C23H28N2O/c1-26-22-12-9-17-7-8-18(23(17)13-22)14-24-15-21-11-10-20(24)16-25(21)19-5-3-2-4-6-19/h2-6,9,12-13,18,20-21H,7-8,10-11,14-16H2,1H3/t18-,20-,21-/m1/s1. The molecule has 3 fully saturated rings. The van der Waals surface area contributed by atoms with Crippen molar-refractivity contribution in [3.63, 3.8) is 0 Å². The molecule has 6 rings (SSSR count). The van der Waals surface area contributed by atoms with Crippen molar-refractivity contribution in [1.29, 1.82) is 0 Å². The molecule has 3 heteroatoms. The molecule has 3 nitrogen and oxygen atoms in total. The van der Waals surface area contributed by atoms with Gasteiger partial charge in [-0.3, -0.25) is 4.90 Å². The molecule has 3 aliphatic heterocycles. The van der Waals surface area contributed by atoms with Gasteiger partial charge in [0.25, 0.3) is 0 Å². The predicted octanol–water partition coefficient (Wildman–Crippen LogP) is 4.08. The topological polar surface area (TPSA) is 15.7 Å². The zero-order valence-corrected chi connectivity index (χ0v) is 15.6. The number of nitrogens with zero attached hydrogens (tertiary/aromatic N) is 2. The summed E-state index contributed by atoms with van der Waals surface area (Å²) in [6, 6.07) is 19.0. The van der Waals surface area contributed by atoms with Gasteiger partial charge < -0.3 is 9.64 Å². The first-order chi connectivity index (χ1) is 12.8. The van der Waals surface area contributed by atoms with Gasteiger partial charge in [-0.1, -0.05) is 24.3 Å². The summed E-state index contributed by atoms with van der Waals surface area (Å²) in [5.41, 5.74) is 4.47. The van der Waals surface area contributed by atoms with Gasteiger partial charge in [-0.2, -0.15) is 0 Å². The Morgan fingerprint density at radius 3 is 2.58 bits per heavy atom. The summed E-state index contributed by atoms with van der Waals surface area (Å²) >= 11 is 0. The zero-order chi connectivity index (χ0) is 17.5. The van der Waals surface area contributed by atoms with E-state index in [-0.39, 0.29) is 0 Å². The van der Waals surface area contributed by atoms with E-state index in [9.17, 15) is 0 Å². The molecule has 0 saturated carbocycles. The minimum absolute atomic E-state index is 0.671. The minimum Gasteiger partial charge on any atom is -0.497 e. The monoisotopic (exact) mass is 348 g/mol. The van der Waals surface area contributed by atoms with Gasteiger partial charge in [0.2, 0.25) is 0 Å². The van der Waals surface area contributed by atoms with Gasteiger partial charge in [0.05, 0.1) is 7.11 Å². The number of piperidine rings is 2. The van der Waals surface area contributed by atoms with E-state index in [1.165, 1.54) is 62.1 Å². The number of anilines is 1. The van der Waals surface area contributed by atoms with Crippen LogP contribution < -0.4 is 9.64 Å². The van der Waals surface area contributed by atoms with E-state index < -0.39 is 0 Å². The highest BCUT2D eigenvalue weighted by Gasteiger charge is 2.40. The van der Waals surface area contributed by atoms with Crippen LogP contribution in [0.5, 0.6) is 5.75 Å². The lowest BCUT2D eigenvalue weighted by atomic mass is 9.88. The number of aryl methyl sites for hydroxylation is 1. The smallest absolute Gasteiger partial charge is 0.119 e. The SMILES string of the molecule is COc1ccc2c(c1)[C@@H](CN1C[C@H]3CC[C@@H]1CN3c1ccccc1)CC2. The van der Waals surface area contributed by atoms with E-state index >= 15 is 0 Å². The van der Waals surface area contributed by atoms with Gasteiger partial charge in [0, 0.05) is 37.4 Å². The molecule has 136 valence electrons. The van der Waals surface area contributed by atoms with Crippen LogP contribution in [0.1, 0.15) is 36.3 Å². The number of ether oxygens (including phenoxy) is 1. The van der Waals surface area contributed by atoms with Crippen molar-refractivity contribution >= 4 is 5.69 Å². The second kappa shape index (κ2) is 6.62. The summed E-state index contributed by atoms with van der Waals surface area (Å²) in [4.78, 5) is 5.43. The molecule has 26 heavy (non-hydrogen) atoms. The predicted molar refractivity (Wildman–Crippen MR) is 106 cm³/mol. The van der Waals surface area contributed by atoms with Crippen molar-refractivity contribution in [2.45, 2.75) is 43.7 Å². The summed E-state index contributed by atoms with van der Waals surface area (Å²) in [7, 11) is 1.77. The Bertz CT molecular complexity index is 775. The van der Waals surface area contributed by atoms with Crippen LogP contribution in [0.3, 0.4) is 0 Å². The normalized spacial score (nSPS) is 27.6. The molecule has 0 N–H and O–H groups in total. The van der Waals surface area contributed by atoms with Gasteiger partial charge in [-0.25, -0.2) is 0 Å². The average Bonchev–Trinajstić information content (AvgIpc) is 3.11. The summed E-state index contributed by atoms with van der Waals surface area (Å²) in [6.07, 6.45) is 5.21. The van der Waals surface area contributed by atoms with Crippen molar-refractivity contribution in [3.8, 4) is 5.75 Å². The highest BCUT2D eigenvalue weighted by molar-refractivity contribution is 5.49. The third-order valence-corrected chi connectivity index (χ3v) is 6.74. The second-order valence-corrected chi connectivity index (χ2v) is 8.13. The number of piperazine rings is 1. The van der Waals surface area contributed by atoms with Crippen molar-refractivity contribution in [2.75, 3.05) is 31.6 Å². The molecular formula is C23H28N2O. The molecule has 2 aromatic carbocycles. The Morgan fingerprint density at radius 1 is 0.962 bits per heavy atom. The molecule has 0 unspecified atom stereocenters. The van der Waals surface area contributed by atoms with Crippen molar-refractivity contribution in [1.82, 2.24) is 4.90 Å². The van der Waals surface area contributed by atoms with E-state index in [0.29, 0.717) is 18.0 Å². The van der Waals surface area contributed by atoms with Crippen molar-refractivity contribution in [3.05, 3.63) is 59.7 Å². The molecule has 0 radical (unpaired) electrons. The Hall–Kier alpha value is -2.00.